The highest BCUT2D eigenvalue weighted by atomic mass is 16.6. The minimum Gasteiger partial charge on any atom is -0.449 e. The van der Waals surface area contributed by atoms with Crippen molar-refractivity contribution in [1.82, 2.24) is 13.7 Å². The van der Waals surface area contributed by atoms with E-state index in [1.54, 1.807) is 0 Å². The van der Waals surface area contributed by atoms with Crippen molar-refractivity contribution in [3.05, 3.63) is 176 Å². The van der Waals surface area contributed by atoms with Crippen molar-refractivity contribution in [2.75, 3.05) is 0 Å². The highest BCUT2D eigenvalue weighted by Gasteiger charge is 2.26. The molecule has 248 valence electrons. The van der Waals surface area contributed by atoms with Crippen molar-refractivity contribution in [3.8, 4) is 40.1 Å². The largest absolute Gasteiger partial charge is 0.449 e. The Morgan fingerprint density at radius 2 is 0.830 bits per heavy atom. The zero-order chi connectivity index (χ0) is 34.6. The van der Waals surface area contributed by atoms with Gasteiger partial charge in [-0.05, 0) is 78.9 Å². The third-order valence-corrected chi connectivity index (χ3v) is 10.9. The Morgan fingerprint density at radius 3 is 1.58 bits per heavy atom. The summed E-state index contributed by atoms with van der Waals surface area (Å²) in [5.41, 5.74) is 10.2. The number of ether oxygens (including phenoxy) is 2. The maximum Gasteiger partial charge on any atom is 0.180 e. The number of rotatable bonds is 3. The number of hydrogen-bond acceptors (Lipinski definition) is 2. The molecule has 0 saturated heterocycles. The molecule has 8 aromatic carbocycles. The Bertz CT molecular complexity index is 3290. The van der Waals surface area contributed by atoms with Crippen molar-refractivity contribution >= 4 is 65.4 Å². The highest BCUT2D eigenvalue weighted by Crippen LogP contribution is 2.51. The molecule has 5 nitrogen and oxygen atoms in total. The predicted molar refractivity (Wildman–Crippen MR) is 216 cm³/mol. The molecule has 0 radical (unpaired) electrons. The van der Waals surface area contributed by atoms with Gasteiger partial charge in [0.1, 0.15) is 0 Å². The number of para-hydroxylation sites is 6. The SMILES string of the molecule is c1ccc(-n2c3ccccc3c3c2ccc2c4ccccc4n(-c4cccc(-n5c6ccccc6c6c7c(ccc65)Oc5ccccc5O7)c4)c23)cc1. The van der Waals surface area contributed by atoms with Gasteiger partial charge in [0.2, 0.25) is 0 Å². The molecule has 1 aliphatic rings. The van der Waals surface area contributed by atoms with Gasteiger partial charge in [-0.15, -0.1) is 0 Å². The summed E-state index contributed by atoms with van der Waals surface area (Å²) in [5.74, 6) is 2.91. The van der Waals surface area contributed by atoms with Crippen LogP contribution in [-0.2, 0) is 0 Å². The monoisotopic (exact) mass is 679 g/mol. The molecule has 12 rings (SSSR count). The van der Waals surface area contributed by atoms with E-state index in [0.29, 0.717) is 0 Å². The first kappa shape index (κ1) is 28.5. The number of aromatic nitrogens is 3. The summed E-state index contributed by atoms with van der Waals surface area (Å²) >= 11 is 0. The van der Waals surface area contributed by atoms with Gasteiger partial charge >= 0.3 is 0 Å². The van der Waals surface area contributed by atoms with Crippen LogP contribution in [0.3, 0.4) is 0 Å². The lowest BCUT2D eigenvalue weighted by Gasteiger charge is -2.21. The summed E-state index contributed by atoms with van der Waals surface area (Å²) in [6, 6.07) is 62.3. The molecule has 0 saturated carbocycles. The van der Waals surface area contributed by atoms with Gasteiger partial charge in [0, 0.05) is 44.0 Å². The van der Waals surface area contributed by atoms with Gasteiger partial charge in [-0.25, -0.2) is 0 Å². The van der Waals surface area contributed by atoms with Crippen LogP contribution in [0.1, 0.15) is 0 Å². The van der Waals surface area contributed by atoms with Gasteiger partial charge in [-0.3, -0.25) is 0 Å². The zero-order valence-corrected chi connectivity index (χ0v) is 28.4. The van der Waals surface area contributed by atoms with E-state index < -0.39 is 0 Å². The fraction of sp³-hybridized carbons (Fsp3) is 0. The molecule has 0 atom stereocenters. The second kappa shape index (κ2) is 10.6. The van der Waals surface area contributed by atoms with Gasteiger partial charge in [-0.2, -0.15) is 0 Å². The standard InChI is InChI=1S/C48H29N3O2/c1-2-13-30(14-3-1)49-38-21-8-5-18-35(38)45-40(49)26-25-34-33-17-4-7-20-37(33)51(47(34)45)32-16-12-15-31(29-32)50-39-22-9-6-19-36(39)46-41(50)27-28-44-48(46)53-43-24-11-10-23-42(43)52-44/h1-29H. The van der Waals surface area contributed by atoms with Crippen LogP contribution in [0.15, 0.2) is 176 Å². The molecule has 0 aliphatic carbocycles. The number of benzene rings is 8. The van der Waals surface area contributed by atoms with Crippen LogP contribution in [0.5, 0.6) is 23.0 Å². The van der Waals surface area contributed by atoms with Crippen LogP contribution in [0, 0.1) is 0 Å². The lowest BCUT2D eigenvalue weighted by atomic mass is 10.1. The topological polar surface area (TPSA) is 33.2 Å². The molecule has 3 aromatic heterocycles. The lowest BCUT2D eigenvalue weighted by molar-refractivity contribution is 0.363. The first-order valence-corrected chi connectivity index (χ1v) is 17.9. The van der Waals surface area contributed by atoms with Gasteiger partial charge in [0.15, 0.2) is 23.0 Å². The third-order valence-electron chi connectivity index (χ3n) is 10.9. The average Bonchev–Trinajstić information content (AvgIpc) is 3.86. The highest BCUT2D eigenvalue weighted by molar-refractivity contribution is 6.26. The normalized spacial score (nSPS) is 12.5. The molecular weight excluding hydrogens is 651 g/mol. The second-order valence-electron chi connectivity index (χ2n) is 13.7. The molecule has 1 aliphatic heterocycles. The Kier molecular flexibility index (Phi) is 5.71. The molecule has 0 N–H and O–H groups in total. The summed E-state index contributed by atoms with van der Waals surface area (Å²) in [7, 11) is 0. The maximum atomic E-state index is 6.59. The summed E-state index contributed by atoms with van der Waals surface area (Å²) in [6.45, 7) is 0. The molecule has 0 amide bonds. The fourth-order valence-electron chi connectivity index (χ4n) is 8.72. The summed E-state index contributed by atoms with van der Waals surface area (Å²) in [6.07, 6.45) is 0. The fourth-order valence-corrected chi connectivity index (χ4v) is 8.72. The molecule has 0 fully saturated rings. The minimum absolute atomic E-state index is 0.719. The average molecular weight is 680 g/mol. The van der Waals surface area contributed by atoms with Crippen molar-refractivity contribution in [2.24, 2.45) is 0 Å². The molecule has 11 aromatic rings. The van der Waals surface area contributed by atoms with Crippen LogP contribution in [0.4, 0.5) is 0 Å². The molecule has 5 heteroatoms. The first-order valence-electron chi connectivity index (χ1n) is 17.9. The van der Waals surface area contributed by atoms with Gasteiger partial charge in [0.25, 0.3) is 0 Å². The van der Waals surface area contributed by atoms with E-state index in [-0.39, 0.29) is 0 Å². The smallest absolute Gasteiger partial charge is 0.180 e. The second-order valence-corrected chi connectivity index (χ2v) is 13.7. The van der Waals surface area contributed by atoms with Crippen molar-refractivity contribution in [3.63, 3.8) is 0 Å². The van der Waals surface area contributed by atoms with Gasteiger partial charge in [0.05, 0.1) is 38.5 Å². The Labute approximate surface area is 303 Å². The minimum atomic E-state index is 0.719. The first-order chi connectivity index (χ1) is 26.3. The molecule has 0 spiro atoms. The summed E-state index contributed by atoms with van der Waals surface area (Å²) < 4.78 is 20.2. The van der Waals surface area contributed by atoms with E-state index >= 15 is 0 Å². The van der Waals surface area contributed by atoms with Crippen LogP contribution >= 0.6 is 0 Å². The van der Waals surface area contributed by atoms with E-state index in [4.69, 9.17) is 9.47 Å². The van der Waals surface area contributed by atoms with Crippen molar-refractivity contribution in [1.29, 1.82) is 0 Å². The van der Waals surface area contributed by atoms with E-state index in [1.807, 2.05) is 30.3 Å². The van der Waals surface area contributed by atoms with Crippen LogP contribution in [-0.4, -0.2) is 13.7 Å². The molecule has 4 heterocycles. The molecular formula is C48H29N3O2. The van der Waals surface area contributed by atoms with Gasteiger partial charge < -0.3 is 23.2 Å². The van der Waals surface area contributed by atoms with E-state index in [0.717, 1.165) is 61.9 Å². The Hall–Kier alpha value is -7.24. The van der Waals surface area contributed by atoms with Crippen LogP contribution in [0.2, 0.25) is 0 Å². The zero-order valence-electron chi connectivity index (χ0n) is 28.4. The summed E-state index contributed by atoms with van der Waals surface area (Å²) in [5, 5.41) is 7.07. The van der Waals surface area contributed by atoms with E-state index in [2.05, 4.69) is 159 Å². The molecule has 0 unspecified atom stereocenters. The number of nitrogens with zero attached hydrogens (tertiary/aromatic N) is 3. The molecule has 53 heavy (non-hydrogen) atoms. The van der Waals surface area contributed by atoms with Crippen molar-refractivity contribution in [2.45, 2.75) is 0 Å². The summed E-state index contributed by atoms with van der Waals surface area (Å²) in [4.78, 5) is 0. The Balaban J connectivity index is 1.15. The quantitative estimate of drug-likeness (QED) is 0.186. The number of fused-ring (bicyclic) bond motifs is 13. The van der Waals surface area contributed by atoms with E-state index in [9.17, 15) is 0 Å². The van der Waals surface area contributed by atoms with Crippen LogP contribution in [0.25, 0.3) is 82.5 Å². The predicted octanol–water partition coefficient (Wildman–Crippen LogP) is 12.9. The van der Waals surface area contributed by atoms with Gasteiger partial charge in [-0.1, -0.05) is 97.1 Å². The van der Waals surface area contributed by atoms with Crippen molar-refractivity contribution < 1.29 is 9.47 Å². The number of hydrogen-bond donors (Lipinski definition) is 0. The van der Waals surface area contributed by atoms with Crippen LogP contribution < -0.4 is 9.47 Å². The van der Waals surface area contributed by atoms with E-state index in [1.165, 1.54) is 43.6 Å². The Morgan fingerprint density at radius 1 is 0.302 bits per heavy atom. The third kappa shape index (κ3) is 3.91. The lowest BCUT2D eigenvalue weighted by Crippen LogP contribution is -2.00. The maximum absolute atomic E-state index is 6.59. The molecule has 0 bridgehead atoms.